The molecule has 4 nitrogen and oxygen atoms in total. The van der Waals surface area contributed by atoms with Crippen LogP contribution in [0.1, 0.15) is 11.1 Å². The van der Waals surface area contributed by atoms with Crippen LogP contribution in [0, 0.1) is 11.3 Å². The van der Waals surface area contributed by atoms with Gasteiger partial charge in [-0.05, 0) is 17.7 Å². The van der Waals surface area contributed by atoms with Crippen molar-refractivity contribution in [2.45, 2.75) is 0 Å². The van der Waals surface area contributed by atoms with Crippen molar-refractivity contribution in [3.63, 3.8) is 0 Å². The molecule has 0 saturated heterocycles. The van der Waals surface area contributed by atoms with Crippen LogP contribution < -0.4 is 14.2 Å². The highest BCUT2D eigenvalue weighted by molar-refractivity contribution is 6.34. The summed E-state index contributed by atoms with van der Waals surface area (Å²) in [5.41, 5.74) is 1.86. The molecular weight excluding hydrogens is 314 g/mol. The van der Waals surface area contributed by atoms with Gasteiger partial charge in [-0.15, -0.1) is 0 Å². The molecule has 0 heterocycles. The van der Waals surface area contributed by atoms with Gasteiger partial charge < -0.3 is 14.2 Å². The minimum Gasteiger partial charge on any atom is -0.494 e. The van der Waals surface area contributed by atoms with Crippen molar-refractivity contribution < 1.29 is 14.2 Å². The van der Waals surface area contributed by atoms with Gasteiger partial charge in [-0.2, -0.15) is 5.26 Å². The number of nitriles is 1. The Morgan fingerprint density at radius 2 is 1.70 bits per heavy atom. The van der Waals surface area contributed by atoms with Crippen molar-refractivity contribution in [1.82, 2.24) is 0 Å². The van der Waals surface area contributed by atoms with Gasteiger partial charge in [-0.25, -0.2) is 0 Å². The molecule has 0 amide bonds. The zero-order valence-corrected chi connectivity index (χ0v) is 13.8. The number of hydrogen-bond acceptors (Lipinski definition) is 4. The first-order valence-corrected chi connectivity index (χ1v) is 7.19. The Bertz CT molecular complexity index is 764. The minimum absolute atomic E-state index is 0.263. The Hall–Kier alpha value is -2.64. The molecule has 0 aliphatic rings. The summed E-state index contributed by atoms with van der Waals surface area (Å²) in [6, 6.07) is 13.4. The molecular formula is C18H16ClNO3. The first-order valence-electron chi connectivity index (χ1n) is 6.82. The summed E-state index contributed by atoms with van der Waals surface area (Å²) in [4.78, 5) is 0. The molecule has 0 aromatic heterocycles. The smallest absolute Gasteiger partial charge is 0.183 e. The maximum atomic E-state index is 9.55. The van der Waals surface area contributed by atoms with Gasteiger partial charge in [0.2, 0.25) is 0 Å². The van der Waals surface area contributed by atoms with E-state index < -0.39 is 0 Å². The lowest BCUT2D eigenvalue weighted by Crippen LogP contribution is -1.98. The van der Waals surface area contributed by atoms with E-state index in [4.69, 9.17) is 25.8 Å². The standard InChI is InChI=1S/C18H16ClNO3/c1-21-15-10-14(17(22-2)16(19)18(15)23-3)13(11-20)9-12-7-5-4-6-8-12/h4-10H,1-3H3/b13-9+. The van der Waals surface area contributed by atoms with Crippen molar-refractivity contribution in [3.05, 3.63) is 52.5 Å². The zero-order valence-electron chi connectivity index (χ0n) is 13.1. The van der Waals surface area contributed by atoms with Gasteiger partial charge in [0.05, 0.1) is 33.0 Å². The molecule has 0 aliphatic heterocycles. The number of allylic oxidation sites excluding steroid dienone is 1. The summed E-state index contributed by atoms with van der Waals surface area (Å²) in [6.45, 7) is 0. The molecule has 0 bridgehead atoms. The Morgan fingerprint density at radius 3 is 2.22 bits per heavy atom. The second-order valence-electron chi connectivity index (χ2n) is 4.59. The van der Waals surface area contributed by atoms with E-state index in [1.807, 2.05) is 30.3 Å². The average molecular weight is 330 g/mol. The highest BCUT2D eigenvalue weighted by Crippen LogP contribution is 2.46. The SMILES string of the molecule is COc1cc(/C(C#N)=C/c2ccccc2)c(OC)c(Cl)c1OC. The molecule has 0 atom stereocenters. The van der Waals surface area contributed by atoms with Crippen LogP contribution in [-0.4, -0.2) is 21.3 Å². The molecule has 23 heavy (non-hydrogen) atoms. The summed E-state index contributed by atoms with van der Waals surface area (Å²) >= 11 is 6.34. The molecule has 0 unspecified atom stereocenters. The van der Waals surface area contributed by atoms with E-state index >= 15 is 0 Å². The second-order valence-corrected chi connectivity index (χ2v) is 4.97. The van der Waals surface area contributed by atoms with E-state index in [1.165, 1.54) is 21.3 Å². The largest absolute Gasteiger partial charge is 0.494 e. The Labute approximate surface area is 140 Å². The molecule has 118 valence electrons. The highest BCUT2D eigenvalue weighted by Gasteiger charge is 2.21. The van der Waals surface area contributed by atoms with Gasteiger partial charge in [0, 0.05) is 5.56 Å². The van der Waals surface area contributed by atoms with Crippen molar-refractivity contribution >= 4 is 23.3 Å². The summed E-state index contributed by atoms with van der Waals surface area (Å²) in [6.07, 6.45) is 1.76. The molecule has 0 fully saturated rings. The lowest BCUT2D eigenvalue weighted by Gasteiger charge is -2.16. The van der Waals surface area contributed by atoms with Gasteiger partial charge >= 0.3 is 0 Å². The summed E-state index contributed by atoms with van der Waals surface area (Å²) < 4.78 is 15.9. The van der Waals surface area contributed by atoms with Crippen molar-refractivity contribution in [2.24, 2.45) is 0 Å². The summed E-state index contributed by atoms with van der Waals surface area (Å²) in [5, 5.41) is 9.82. The molecule has 2 rings (SSSR count). The number of methoxy groups -OCH3 is 3. The Morgan fingerprint density at radius 1 is 1.04 bits per heavy atom. The van der Waals surface area contributed by atoms with E-state index in [0.717, 1.165) is 5.56 Å². The maximum Gasteiger partial charge on any atom is 0.183 e. The van der Waals surface area contributed by atoms with E-state index in [0.29, 0.717) is 28.4 Å². The van der Waals surface area contributed by atoms with Gasteiger partial charge in [-0.1, -0.05) is 41.9 Å². The van der Waals surface area contributed by atoms with Crippen LogP contribution in [0.3, 0.4) is 0 Å². The molecule has 0 radical (unpaired) electrons. The van der Waals surface area contributed by atoms with Crippen LogP contribution in [0.5, 0.6) is 17.2 Å². The van der Waals surface area contributed by atoms with Gasteiger partial charge in [0.1, 0.15) is 10.8 Å². The van der Waals surface area contributed by atoms with E-state index in [2.05, 4.69) is 6.07 Å². The third-order valence-corrected chi connectivity index (χ3v) is 3.64. The average Bonchev–Trinajstić information content (AvgIpc) is 2.59. The quantitative estimate of drug-likeness (QED) is 0.601. The Kier molecular flexibility index (Phi) is 5.51. The number of benzene rings is 2. The predicted molar refractivity (Wildman–Crippen MR) is 91.0 cm³/mol. The number of halogens is 1. The second kappa shape index (κ2) is 7.57. The van der Waals surface area contributed by atoms with Crippen LogP contribution in [-0.2, 0) is 0 Å². The van der Waals surface area contributed by atoms with Crippen molar-refractivity contribution in [3.8, 4) is 23.3 Å². The zero-order chi connectivity index (χ0) is 16.8. The number of hydrogen-bond donors (Lipinski definition) is 0. The fourth-order valence-electron chi connectivity index (χ4n) is 2.22. The monoisotopic (exact) mass is 329 g/mol. The van der Waals surface area contributed by atoms with Crippen LogP contribution in [0.2, 0.25) is 5.02 Å². The molecule has 0 saturated carbocycles. The van der Waals surface area contributed by atoms with E-state index in [-0.39, 0.29) is 5.02 Å². The van der Waals surface area contributed by atoms with Crippen LogP contribution in [0.4, 0.5) is 0 Å². The molecule has 2 aromatic carbocycles. The highest BCUT2D eigenvalue weighted by atomic mass is 35.5. The first kappa shape index (κ1) is 16.7. The first-order chi connectivity index (χ1) is 11.2. The predicted octanol–water partition coefficient (Wildman–Crippen LogP) is 4.43. The van der Waals surface area contributed by atoms with Gasteiger partial charge in [0.15, 0.2) is 11.5 Å². The summed E-state index contributed by atoms with van der Waals surface area (Å²) in [5.74, 6) is 1.17. The normalized spacial score (nSPS) is 10.8. The summed E-state index contributed by atoms with van der Waals surface area (Å²) in [7, 11) is 4.50. The number of rotatable bonds is 5. The fourth-order valence-corrected chi connectivity index (χ4v) is 2.57. The number of ether oxygens (including phenoxy) is 3. The minimum atomic E-state index is 0.263. The van der Waals surface area contributed by atoms with Crippen LogP contribution in [0.25, 0.3) is 11.6 Å². The van der Waals surface area contributed by atoms with Gasteiger partial charge in [-0.3, -0.25) is 0 Å². The topological polar surface area (TPSA) is 51.5 Å². The molecule has 2 aromatic rings. The lowest BCUT2D eigenvalue weighted by atomic mass is 10.0. The third-order valence-electron chi connectivity index (χ3n) is 3.29. The Balaban J connectivity index is 2.68. The lowest BCUT2D eigenvalue weighted by molar-refractivity contribution is 0.349. The molecule has 0 N–H and O–H groups in total. The fraction of sp³-hybridized carbons (Fsp3) is 0.167. The van der Waals surface area contributed by atoms with E-state index in [9.17, 15) is 5.26 Å². The van der Waals surface area contributed by atoms with Crippen molar-refractivity contribution in [1.29, 1.82) is 5.26 Å². The molecule has 0 spiro atoms. The van der Waals surface area contributed by atoms with Gasteiger partial charge in [0.25, 0.3) is 0 Å². The van der Waals surface area contributed by atoms with Crippen molar-refractivity contribution in [2.75, 3.05) is 21.3 Å². The molecule has 5 heteroatoms. The molecule has 0 aliphatic carbocycles. The van der Waals surface area contributed by atoms with E-state index in [1.54, 1.807) is 12.1 Å². The maximum absolute atomic E-state index is 9.55. The van der Waals surface area contributed by atoms with Crippen LogP contribution >= 0.6 is 11.6 Å². The number of nitrogens with zero attached hydrogens (tertiary/aromatic N) is 1. The third kappa shape index (κ3) is 3.41. The van der Waals surface area contributed by atoms with Crippen LogP contribution in [0.15, 0.2) is 36.4 Å².